The van der Waals surface area contributed by atoms with Gasteiger partial charge in [0.05, 0.1) is 0 Å². The van der Waals surface area contributed by atoms with E-state index in [0.29, 0.717) is 30.6 Å². The number of amides is 2. The molecule has 1 aliphatic rings. The zero-order valence-electron chi connectivity index (χ0n) is 15.0. The van der Waals surface area contributed by atoms with E-state index >= 15 is 0 Å². The smallest absolute Gasteiger partial charge is 0.247 e. The Labute approximate surface area is 156 Å². The lowest BCUT2D eigenvalue weighted by Crippen LogP contribution is -2.41. The molecule has 1 unspecified atom stereocenters. The number of fused-ring (bicyclic) bond motifs is 1. The first kappa shape index (κ1) is 17.3. The number of para-hydroxylation sites is 1. The number of rotatable bonds is 4. The molecule has 1 aliphatic heterocycles. The molecule has 2 N–H and O–H groups in total. The van der Waals surface area contributed by atoms with Gasteiger partial charge in [-0.25, -0.2) is 4.39 Å². The molecule has 0 saturated carbocycles. The lowest BCUT2D eigenvalue weighted by atomic mass is 10.1. The Bertz CT molecular complexity index is 1030. The van der Waals surface area contributed by atoms with Crippen molar-refractivity contribution in [3.63, 3.8) is 0 Å². The summed E-state index contributed by atoms with van der Waals surface area (Å²) in [4.78, 5) is 30.0. The minimum Gasteiger partial charge on any atom is -0.361 e. The normalized spacial score (nSPS) is 16.9. The van der Waals surface area contributed by atoms with Crippen LogP contribution < -0.4 is 5.32 Å². The first-order chi connectivity index (χ1) is 13.0. The fraction of sp³-hybridized carbons (Fsp3) is 0.238. The van der Waals surface area contributed by atoms with Gasteiger partial charge in [-0.1, -0.05) is 18.2 Å². The van der Waals surface area contributed by atoms with Gasteiger partial charge in [0.1, 0.15) is 11.9 Å². The van der Waals surface area contributed by atoms with Crippen molar-refractivity contribution < 1.29 is 14.0 Å². The molecule has 1 atom stereocenters. The number of nitrogens with zero attached hydrogens (tertiary/aromatic N) is 1. The molecule has 1 saturated heterocycles. The van der Waals surface area contributed by atoms with E-state index in [1.54, 1.807) is 17.9 Å². The number of likely N-dealkylation sites (tertiary alicyclic amines) is 1. The van der Waals surface area contributed by atoms with Gasteiger partial charge in [0.15, 0.2) is 0 Å². The molecule has 27 heavy (non-hydrogen) atoms. The second kappa shape index (κ2) is 6.87. The van der Waals surface area contributed by atoms with Crippen molar-refractivity contribution in [1.29, 1.82) is 0 Å². The summed E-state index contributed by atoms with van der Waals surface area (Å²) in [5.74, 6) is -0.617. The second-order valence-corrected chi connectivity index (χ2v) is 6.88. The number of anilines is 1. The Kier molecular flexibility index (Phi) is 4.39. The lowest BCUT2D eigenvalue weighted by molar-refractivity contribution is -0.133. The second-order valence-electron chi connectivity index (χ2n) is 6.88. The van der Waals surface area contributed by atoms with Crippen molar-refractivity contribution in [3.05, 3.63) is 65.6 Å². The van der Waals surface area contributed by atoms with Crippen LogP contribution in [0.2, 0.25) is 0 Å². The van der Waals surface area contributed by atoms with E-state index in [4.69, 9.17) is 0 Å². The zero-order chi connectivity index (χ0) is 19.0. The Balaban J connectivity index is 1.55. The van der Waals surface area contributed by atoms with Crippen LogP contribution in [0.3, 0.4) is 0 Å². The van der Waals surface area contributed by atoms with E-state index in [0.717, 1.165) is 16.5 Å². The number of hydrogen-bond donors (Lipinski definition) is 2. The SMILES string of the molecule is Cc1cc(F)ccc1NC(=O)C1CCC(=O)N1Cc1c[nH]c2ccccc12. The standard InChI is InChI=1S/C21H20FN3O2/c1-13-10-15(22)6-7-17(13)24-21(27)19-8-9-20(26)25(19)12-14-11-23-18-5-3-2-4-16(14)18/h2-7,10-11,19,23H,8-9,12H2,1H3,(H,24,27). The van der Waals surface area contributed by atoms with Gasteiger partial charge in [-0.15, -0.1) is 0 Å². The summed E-state index contributed by atoms with van der Waals surface area (Å²) in [5, 5.41) is 3.89. The quantitative estimate of drug-likeness (QED) is 0.740. The predicted molar refractivity (Wildman–Crippen MR) is 102 cm³/mol. The van der Waals surface area contributed by atoms with E-state index in [1.165, 1.54) is 12.1 Å². The van der Waals surface area contributed by atoms with Crippen molar-refractivity contribution in [2.75, 3.05) is 5.32 Å². The highest BCUT2D eigenvalue weighted by Gasteiger charge is 2.36. The van der Waals surface area contributed by atoms with Crippen LogP contribution in [0, 0.1) is 12.7 Å². The van der Waals surface area contributed by atoms with E-state index in [1.807, 2.05) is 30.5 Å². The number of aryl methyl sites for hydroxylation is 1. The highest BCUT2D eigenvalue weighted by atomic mass is 19.1. The molecule has 5 nitrogen and oxygen atoms in total. The minimum absolute atomic E-state index is 0.0312. The monoisotopic (exact) mass is 365 g/mol. The number of H-pyrrole nitrogens is 1. The number of hydrogen-bond acceptors (Lipinski definition) is 2. The number of nitrogens with one attached hydrogen (secondary N) is 2. The fourth-order valence-electron chi connectivity index (χ4n) is 3.63. The molecule has 1 fully saturated rings. The maximum Gasteiger partial charge on any atom is 0.247 e. The molecule has 2 aromatic carbocycles. The average Bonchev–Trinajstić information content (AvgIpc) is 3.22. The molecule has 2 heterocycles. The van der Waals surface area contributed by atoms with Crippen LogP contribution in [-0.2, 0) is 16.1 Å². The summed E-state index contributed by atoms with van der Waals surface area (Å²) in [6, 6.07) is 11.6. The van der Waals surface area contributed by atoms with E-state index in [2.05, 4.69) is 10.3 Å². The van der Waals surface area contributed by atoms with Gasteiger partial charge in [0.25, 0.3) is 0 Å². The number of carbonyl (C=O) groups excluding carboxylic acids is 2. The molecular formula is C21H20FN3O2. The molecule has 1 aromatic heterocycles. The predicted octanol–water partition coefficient (Wildman–Crippen LogP) is 3.75. The van der Waals surface area contributed by atoms with Crippen LogP contribution >= 0.6 is 0 Å². The minimum atomic E-state index is -0.532. The number of benzene rings is 2. The van der Waals surface area contributed by atoms with Gasteiger partial charge in [0, 0.05) is 35.8 Å². The molecule has 0 bridgehead atoms. The van der Waals surface area contributed by atoms with E-state index in [9.17, 15) is 14.0 Å². The van der Waals surface area contributed by atoms with Gasteiger partial charge in [-0.3, -0.25) is 9.59 Å². The topological polar surface area (TPSA) is 65.2 Å². The molecular weight excluding hydrogens is 345 g/mol. The van der Waals surface area contributed by atoms with E-state index < -0.39 is 6.04 Å². The number of carbonyl (C=O) groups is 2. The lowest BCUT2D eigenvalue weighted by Gasteiger charge is -2.24. The van der Waals surface area contributed by atoms with Crippen LogP contribution in [0.15, 0.2) is 48.7 Å². The van der Waals surface area contributed by atoms with Gasteiger partial charge in [-0.05, 0) is 48.7 Å². The van der Waals surface area contributed by atoms with Crippen LogP contribution in [-0.4, -0.2) is 27.7 Å². The Morgan fingerprint density at radius 2 is 2.11 bits per heavy atom. The Morgan fingerprint density at radius 3 is 2.93 bits per heavy atom. The summed E-state index contributed by atoms with van der Waals surface area (Å²) in [7, 11) is 0. The maximum absolute atomic E-state index is 13.3. The molecule has 6 heteroatoms. The number of halogens is 1. The molecule has 4 rings (SSSR count). The molecule has 2 amide bonds. The summed E-state index contributed by atoms with van der Waals surface area (Å²) in [6.07, 6.45) is 2.71. The maximum atomic E-state index is 13.3. The van der Waals surface area contributed by atoms with Crippen LogP contribution in [0.1, 0.15) is 24.0 Å². The van der Waals surface area contributed by atoms with Crippen molar-refractivity contribution in [2.45, 2.75) is 32.4 Å². The third-order valence-electron chi connectivity index (χ3n) is 5.09. The Hall–Kier alpha value is -3.15. The summed E-state index contributed by atoms with van der Waals surface area (Å²) >= 11 is 0. The molecule has 0 spiro atoms. The number of aromatic amines is 1. The third-order valence-corrected chi connectivity index (χ3v) is 5.09. The third kappa shape index (κ3) is 3.30. The summed E-state index contributed by atoms with van der Waals surface area (Å²) < 4.78 is 13.3. The van der Waals surface area contributed by atoms with Gasteiger partial charge in [0.2, 0.25) is 11.8 Å². The summed E-state index contributed by atoms with van der Waals surface area (Å²) in [5.41, 5.74) is 3.20. The molecule has 0 radical (unpaired) electrons. The first-order valence-electron chi connectivity index (χ1n) is 8.94. The van der Waals surface area contributed by atoms with Crippen molar-refractivity contribution >= 4 is 28.4 Å². The fourth-order valence-corrected chi connectivity index (χ4v) is 3.63. The van der Waals surface area contributed by atoms with Gasteiger partial charge < -0.3 is 15.2 Å². The van der Waals surface area contributed by atoms with Gasteiger partial charge in [-0.2, -0.15) is 0 Å². The number of aromatic nitrogens is 1. The Morgan fingerprint density at radius 1 is 1.30 bits per heavy atom. The van der Waals surface area contributed by atoms with Crippen molar-refractivity contribution in [3.8, 4) is 0 Å². The van der Waals surface area contributed by atoms with E-state index in [-0.39, 0.29) is 17.6 Å². The summed E-state index contributed by atoms with van der Waals surface area (Å²) in [6.45, 7) is 2.12. The van der Waals surface area contributed by atoms with Crippen LogP contribution in [0.25, 0.3) is 10.9 Å². The van der Waals surface area contributed by atoms with Gasteiger partial charge >= 0.3 is 0 Å². The van der Waals surface area contributed by atoms with Crippen molar-refractivity contribution in [1.82, 2.24) is 9.88 Å². The zero-order valence-corrected chi connectivity index (χ0v) is 15.0. The molecule has 138 valence electrons. The van der Waals surface area contributed by atoms with Crippen LogP contribution in [0.4, 0.5) is 10.1 Å². The average molecular weight is 365 g/mol. The highest BCUT2D eigenvalue weighted by Crippen LogP contribution is 2.27. The molecule has 3 aromatic rings. The molecule has 0 aliphatic carbocycles. The van der Waals surface area contributed by atoms with Crippen LogP contribution in [0.5, 0.6) is 0 Å². The van der Waals surface area contributed by atoms with Crippen molar-refractivity contribution in [2.24, 2.45) is 0 Å². The highest BCUT2D eigenvalue weighted by molar-refractivity contribution is 5.99. The largest absolute Gasteiger partial charge is 0.361 e. The first-order valence-corrected chi connectivity index (χ1v) is 8.94.